The summed E-state index contributed by atoms with van der Waals surface area (Å²) in [6.45, 7) is 7.25. The number of alkyl halides is 2. The number of hydrogen-bond donors (Lipinski definition) is 1. The molecule has 0 aromatic carbocycles. The molecule has 0 bridgehead atoms. The summed E-state index contributed by atoms with van der Waals surface area (Å²) in [6, 6.07) is 0. The van der Waals surface area contributed by atoms with E-state index in [0.29, 0.717) is 0 Å². The van der Waals surface area contributed by atoms with E-state index in [1.165, 1.54) is 0 Å². The van der Waals surface area contributed by atoms with Gasteiger partial charge < -0.3 is 5.32 Å². The van der Waals surface area contributed by atoms with E-state index in [-0.39, 0.29) is 12.0 Å². The van der Waals surface area contributed by atoms with Crippen molar-refractivity contribution in [1.29, 1.82) is 0 Å². The van der Waals surface area contributed by atoms with Crippen LogP contribution >= 0.6 is 0 Å². The minimum absolute atomic E-state index is 0.0305. The highest BCUT2D eigenvalue weighted by molar-refractivity contribution is 5.16. The molecule has 11 heavy (non-hydrogen) atoms. The van der Waals surface area contributed by atoms with Crippen LogP contribution in [0.1, 0.15) is 34.1 Å². The first-order chi connectivity index (χ1) is 4.66. The molecule has 1 aliphatic rings. The zero-order chi connectivity index (χ0) is 8.91. The Hall–Kier alpha value is -0.180. The first-order valence-corrected chi connectivity index (χ1v) is 3.84. The van der Waals surface area contributed by atoms with E-state index >= 15 is 0 Å². The molecule has 1 nitrogen and oxygen atoms in total. The molecule has 0 saturated heterocycles. The van der Waals surface area contributed by atoms with Gasteiger partial charge in [0.15, 0.2) is 0 Å². The molecular formula is C8H15F2N. The van der Waals surface area contributed by atoms with Crippen LogP contribution in [-0.4, -0.2) is 17.0 Å². The van der Waals surface area contributed by atoms with Crippen molar-refractivity contribution >= 4 is 0 Å². The lowest BCUT2D eigenvalue weighted by Gasteiger charge is -2.26. The number of rotatable bonds is 1. The molecule has 0 amide bonds. The number of hydrogen-bond acceptors (Lipinski definition) is 1. The monoisotopic (exact) mass is 163 g/mol. The van der Waals surface area contributed by atoms with Crippen molar-refractivity contribution in [3.05, 3.63) is 0 Å². The smallest absolute Gasteiger partial charge is 0.267 e. The topological polar surface area (TPSA) is 12.0 Å². The summed E-state index contributed by atoms with van der Waals surface area (Å²) in [4.78, 5) is 0. The Balaban J connectivity index is 2.54. The van der Waals surface area contributed by atoms with Gasteiger partial charge in [0, 0.05) is 12.0 Å². The van der Waals surface area contributed by atoms with Crippen LogP contribution < -0.4 is 5.32 Å². The van der Waals surface area contributed by atoms with E-state index < -0.39 is 11.5 Å². The van der Waals surface area contributed by atoms with Crippen LogP contribution in [0.2, 0.25) is 0 Å². The Morgan fingerprint density at radius 3 is 1.73 bits per heavy atom. The largest absolute Gasteiger partial charge is 0.301 e. The van der Waals surface area contributed by atoms with Crippen molar-refractivity contribution in [3.8, 4) is 0 Å². The molecule has 3 heteroatoms. The van der Waals surface area contributed by atoms with E-state index in [1.807, 2.05) is 20.8 Å². The van der Waals surface area contributed by atoms with E-state index in [2.05, 4.69) is 5.32 Å². The van der Waals surface area contributed by atoms with Gasteiger partial charge in [0.1, 0.15) is 0 Å². The normalized spacial score (nSPS) is 35.5. The minimum Gasteiger partial charge on any atom is -0.301 e. The van der Waals surface area contributed by atoms with Crippen molar-refractivity contribution in [2.45, 2.75) is 51.1 Å². The Bertz CT molecular complexity index is 171. The number of halogens is 2. The third-order valence-electron chi connectivity index (χ3n) is 1.91. The molecule has 0 spiro atoms. The quantitative estimate of drug-likeness (QED) is 0.624. The van der Waals surface area contributed by atoms with Crippen LogP contribution in [-0.2, 0) is 0 Å². The van der Waals surface area contributed by atoms with Gasteiger partial charge in [-0.25, -0.2) is 8.78 Å². The van der Waals surface area contributed by atoms with E-state index in [4.69, 9.17) is 0 Å². The summed E-state index contributed by atoms with van der Waals surface area (Å²) in [7, 11) is 0. The van der Waals surface area contributed by atoms with Gasteiger partial charge in [0.25, 0.3) is 5.92 Å². The zero-order valence-corrected chi connectivity index (χ0v) is 7.46. The molecule has 0 aromatic rings. The highest BCUT2D eigenvalue weighted by atomic mass is 19.3. The Labute approximate surface area is 66.2 Å². The third-order valence-corrected chi connectivity index (χ3v) is 1.91. The van der Waals surface area contributed by atoms with Gasteiger partial charge in [0.05, 0.1) is 5.54 Å². The standard InChI is InChI=1S/C8H15F2N/c1-6(2,3)11-7(4)5-8(7,9)10/h11H,5H2,1-4H3. The molecule has 1 atom stereocenters. The van der Waals surface area contributed by atoms with Crippen molar-refractivity contribution in [2.75, 3.05) is 0 Å². The van der Waals surface area contributed by atoms with Gasteiger partial charge in [-0.3, -0.25) is 0 Å². The number of nitrogens with one attached hydrogen (secondary N) is 1. The highest BCUT2D eigenvalue weighted by Gasteiger charge is 2.68. The Morgan fingerprint density at radius 2 is 1.64 bits per heavy atom. The van der Waals surface area contributed by atoms with Crippen LogP contribution in [0.5, 0.6) is 0 Å². The lowest BCUT2D eigenvalue weighted by atomic mass is 10.1. The minimum atomic E-state index is -2.50. The fraction of sp³-hybridized carbons (Fsp3) is 1.00. The van der Waals surface area contributed by atoms with E-state index in [0.717, 1.165) is 0 Å². The van der Waals surface area contributed by atoms with Crippen LogP contribution in [0.25, 0.3) is 0 Å². The van der Waals surface area contributed by atoms with E-state index in [9.17, 15) is 8.78 Å². The van der Waals surface area contributed by atoms with Gasteiger partial charge in [-0.05, 0) is 27.7 Å². The molecule has 1 rings (SSSR count). The fourth-order valence-electron chi connectivity index (χ4n) is 1.36. The average Bonchev–Trinajstić information content (AvgIpc) is 1.96. The van der Waals surface area contributed by atoms with Gasteiger partial charge in [-0.2, -0.15) is 0 Å². The zero-order valence-electron chi connectivity index (χ0n) is 7.46. The van der Waals surface area contributed by atoms with Crippen LogP contribution in [0.4, 0.5) is 8.78 Å². The van der Waals surface area contributed by atoms with Crippen LogP contribution in [0, 0.1) is 0 Å². The second-order valence-corrected chi connectivity index (χ2v) is 4.59. The second kappa shape index (κ2) is 1.94. The molecule has 1 aliphatic carbocycles. The van der Waals surface area contributed by atoms with Crippen molar-refractivity contribution in [2.24, 2.45) is 0 Å². The Kier molecular flexibility index (Phi) is 1.58. The van der Waals surface area contributed by atoms with Gasteiger partial charge in [-0.1, -0.05) is 0 Å². The van der Waals surface area contributed by atoms with E-state index in [1.54, 1.807) is 6.92 Å². The SMILES string of the molecule is CC(C)(C)NC1(C)CC1(F)F. The predicted octanol–water partition coefficient (Wildman–Crippen LogP) is 2.17. The summed E-state index contributed by atoms with van der Waals surface area (Å²) in [5, 5.41) is 2.91. The summed E-state index contributed by atoms with van der Waals surface area (Å²) in [6.07, 6.45) is -0.0305. The lowest BCUT2D eigenvalue weighted by Crippen LogP contribution is -2.46. The molecule has 1 N–H and O–H groups in total. The van der Waals surface area contributed by atoms with Gasteiger partial charge in [0.2, 0.25) is 0 Å². The summed E-state index contributed by atoms with van der Waals surface area (Å²) in [5.74, 6) is -2.50. The van der Waals surface area contributed by atoms with Crippen molar-refractivity contribution in [1.82, 2.24) is 5.32 Å². The molecule has 0 aliphatic heterocycles. The summed E-state index contributed by atoms with van der Waals surface area (Å²) in [5.41, 5.74) is -1.18. The maximum atomic E-state index is 12.6. The molecule has 0 heterocycles. The second-order valence-electron chi connectivity index (χ2n) is 4.59. The first-order valence-electron chi connectivity index (χ1n) is 3.84. The summed E-state index contributed by atoms with van der Waals surface area (Å²) >= 11 is 0. The molecule has 1 unspecified atom stereocenters. The maximum Gasteiger partial charge on any atom is 0.267 e. The molecule has 1 saturated carbocycles. The third kappa shape index (κ3) is 1.70. The van der Waals surface area contributed by atoms with Gasteiger partial charge >= 0.3 is 0 Å². The molecule has 1 fully saturated rings. The predicted molar refractivity (Wildman–Crippen MR) is 40.9 cm³/mol. The Morgan fingerprint density at radius 1 is 1.27 bits per heavy atom. The molecule has 66 valence electrons. The molecular weight excluding hydrogens is 148 g/mol. The average molecular weight is 163 g/mol. The first kappa shape index (κ1) is 8.91. The van der Waals surface area contributed by atoms with Crippen molar-refractivity contribution in [3.63, 3.8) is 0 Å². The molecule has 0 radical (unpaired) electrons. The van der Waals surface area contributed by atoms with Crippen LogP contribution in [0.15, 0.2) is 0 Å². The molecule has 0 aromatic heterocycles. The fourth-order valence-corrected chi connectivity index (χ4v) is 1.36. The van der Waals surface area contributed by atoms with Crippen molar-refractivity contribution < 1.29 is 8.78 Å². The maximum absolute atomic E-state index is 12.6. The van der Waals surface area contributed by atoms with Crippen LogP contribution in [0.3, 0.4) is 0 Å². The highest BCUT2D eigenvalue weighted by Crippen LogP contribution is 2.52. The summed E-state index contributed by atoms with van der Waals surface area (Å²) < 4.78 is 25.3. The van der Waals surface area contributed by atoms with Gasteiger partial charge in [-0.15, -0.1) is 0 Å². The lowest BCUT2D eigenvalue weighted by molar-refractivity contribution is 0.0754.